The molecule has 0 amide bonds. The van der Waals surface area contributed by atoms with Crippen molar-refractivity contribution in [1.82, 2.24) is 9.55 Å². The summed E-state index contributed by atoms with van der Waals surface area (Å²) in [5.41, 5.74) is 7.32. The van der Waals surface area contributed by atoms with Crippen LogP contribution in [0.4, 0.5) is 0 Å². The van der Waals surface area contributed by atoms with Gasteiger partial charge in [0.2, 0.25) is 0 Å². The van der Waals surface area contributed by atoms with E-state index in [1.54, 1.807) is 0 Å². The molecule has 2 heterocycles. The molecular weight excluding hydrogens is 354 g/mol. The van der Waals surface area contributed by atoms with Gasteiger partial charge in [-0.3, -0.25) is 4.98 Å². The molecule has 3 aromatic carbocycles. The predicted octanol–water partition coefficient (Wildman–Crippen LogP) is 5.60. The molecule has 142 valence electrons. The van der Waals surface area contributed by atoms with Crippen LogP contribution in [0.2, 0.25) is 0 Å². The van der Waals surface area contributed by atoms with Gasteiger partial charge in [-0.25, -0.2) is 4.57 Å². The van der Waals surface area contributed by atoms with Gasteiger partial charge >= 0.3 is 0 Å². The average Bonchev–Trinajstić information content (AvgIpc) is 3.08. The number of aryl methyl sites for hydroxylation is 4. The zero-order valence-corrected chi connectivity index (χ0v) is 17.3. The molecule has 2 aromatic heterocycles. The van der Waals surface area contributed by atoms with Gasteiger partial charge < -0.3 is 0 Å². The van der Waals surface area contributed by atoms with Gasteiger partial charge in [-0.15, -0.1) is 0 Å². The maximum atomic E-state index is 4.64. The van der Waals surface area contributed by atoms with E-state index in [0.29, 0.717) is 0 Å². The van der Waals surface area contributed by atoms with E-state index in [0.717, 1.165) is 5.52 Å². The van der Waals surface area contributed by atoms with Crippen molar-refractivity contribution in [3.63, 3.8) is 0 Å². The summed E-state index contributed by atoms with van der Waals surface area (Å²) >= 11 is 0. The van der Waals surface area contributed by atoms with Gasteiger partial charge in [-0.05, 0) is 61.0 Å². The Morgan fingerprint density at radius 1 is 0.828 bits per heavy atom. The first-order valence-corrected chi connectivity index (χ1v) is 9.96. The third-order valence-corrected chi connectivity index (χ3v) is 5.86. The molecule has 0 N–H and O–H groups in total. The molecular formula is C26H24N3+. The van der Waals surface area contributed by atoms with Gasteiger partial charge in [0, 0.05) is 17.0 Å². The first kappa shape index (κ1) is 17.6. The molecule has 0 saturated heterocycles. The molecule has 5 rings (SSSR count). The number of para-hydroxylation sites is 2. The fraction of sp³-hybridized carbons (Fsp3) is 0.154. The van der Waals surface area contributed by atoms with E-state index in [2.05, 4.69) is 103 Å². The minimum Gasteiger partial charge on any atom is -0.256 e. The summed E-state index contributed by atoms with van der Waals surface area (Å²) in [6.45, 7) is 6.54. The fourth-order valence-electron chi connectivity index (χ4n) is 4.43. The Labute approximate surface area is 170 Å². The molecule has 29 heavy (non-hydrogen) atoms. The topological polar surface area (TPSA) is 21.7 Å². The fourth-order valence-corrected chi connectivity index (χ4v) is 4.43. The van der Waals surface area contributed by atoms with Crippen molar-refractivity contribution in [2.75, 3.05) is 0 Å². The van der Waals surface area contributed by atoms with Crippen LogP contribution in [0, 0.1) is 20.8 Å². The predicted molar refractivity (Wildman–Crippen MR) is 119 cm³/mol. The number of benzene rings is 3. The Morgan fingerprint density at radius 3 is 2.38 bits per heavy atom. The Kier molecular flexibility index (Phi) is 3.99. The number of nitrogens with zero attached hydrogens (tertiary/aromatic N) is 3. The molecule has 0 aliphatic rings. The van der Waals surface area contributed by atoms with Crippen molar-refractivity contribution in [3.05, 3.63) is 89.9 Å². The minimum absolute atomic E-state index is 1.03. The SMILES string of the molecule is Cc1cc2cnc3ccccc3c2cc1-c1n(-c2c(C)cccc2C)cc[n+]1C. The highest BCUT2D eigenvalue weighted by Crippen LogP contribution is 2.32. The van der Waals surface area contributed by atoms with E-state index < -0.39 is 0 Å². The van der Waals surface area contributed by atoms with E-state index in [9.17, 15) is 0 Å². The van der Waals surface area contributed by atoms with Gasteiger partial charge in [0.05, 0.1) is 18.1 Å². The van der Waals surface area contributed by atoms with Gasteiger partial charge in [0.15, 0.2) is 0 Å². The third-order valence-electron chi connectivity index (χ3n) is 5.86. The van der Waals surface area contributed by atoms with Crippen LogP contribution in [0.25, 0.3) is 38.8 Å². The lowest BCUT2D eigenvalue weighted by Gasteiger charge is -2.12. The van der Waals surface area contributed by atoms with E-state index in [1.165, 1.54) is 49.9 Å². The number of hydrogen-bond donors (Lipinski definition) is 0. The normalized spacial score (nSPS) is 11.4. The van der Waals surface area contributed by atoms with Crippen LogP contribution >= 0.6 is 0 Å². The summed E-state index contributed by atoms with van der Waals surface area (Å²) < 4.78 is 4.53. The molecule has 0 bridgehead atoms. The lowest BCUT2D eigenvalue weighted by atomic mass is 9.99. The zero-order chi connectivity index (χ0) is 20.1. The molecule has 0 saturated carbocycles. The molecule has 0 aliphatic heterocycles. The summed E-state index contributed by atoms with van der Waals surface area (Å²) in [5, 5.41) is 3.61. The summed E-state index contributed by atoms with van der Waals surface area (Å²) in [6, 6.07) is 19.4. The molecule has 0 radical (unpaired) electrons. The van der Waals surface area contributed by atoms with Crippen molar-refractivity contribution < 1.29 is 4.57 Å². The van der Waals surface area contributed by atoms with E-state index in [1.807, 2.05) is 12.3 Å². The minimum atomic E-state index is 1.03. The van der Waals surface area contributed by atoms with Crippen molar-refractivity contribution >= 4 is 21.7 Å². The van der Waals surface area contributed by atoms with Crippen LogP contribution < -0.4 is 4.57 Å². The second-order valence-corrected chi connectivity index (χ2v) is 7.87. The molecule has 3 nitrogen and oxygen atoms in total. The number of fused-ring (bicyclic) bond motifs is 3. The molecule has 3 heteroatoms. The van der Waals surface area contributed by atoms with Crippen LogP contribution in [-0.4, -0.2) is 9.55 Å². The van der Waals surface area contributed by atoms with Crippen LogP contribution in [0.15, 0.2) is 73.2 Å². The first-order valence-electron chi connectivity index (χ1n) is 9.96. The Morgan fingerprint density at radius 2 is 1.59 bits per heavy atom. The van der Waals surface area contributed by atoms with E-state index >= 15 is 0 Å². The molecule has 0 atom stereocenters. The molecule has 5 aromatic rings. The van der Waals surface area contributed by atoms with Crippen molar-refractivity contribution in [2.45, 2.75) is 20.8 Å². The summed E-state index contributed by atoms with van der Waals surface area (Å²) in [5.74, 6) is 1.18. The third kappa shape index (κ3) is 2.73. The number of rotatable bonds is 2. The summed E-state index contributed by atoms with van der Waals surface area (Å²) in [6.07, 6.45) is 6.29. The average molecular weight is 378 g/mol. The van der Waals surface area contributed by atoms with Crippen LogP contribution in [0.1, 0.15) is 16.7 Å². The molecule has 0 aliphatic carbocycles. The highest BCUT2D eigenvalue weighted by atomic mass is 15.1. The van der Waals surface area contributed by atoms with Gasteiger partial charge in [0.1, 0.15) is 18.1 Å². The smallest absolute Gasteiger partial charge is 0.256 e. The van der Waals surface area contributed by atoms with Gasteiger partial charge in [-0.2, -0.15) is 4.57 Å². The lowest BCUT2D eigenvalue weighted by Crippen LogP contribution is -2.29. The number of imidazole rings is 1. The van der Waals surface area contributed by atoms with Gasteiger partial charge in [0.25, 0.3) is 5.82 Å². The quantitative estimate of drug-likeness (QED) is 0.290. The zero-order valence-electron chi connectivity index (χ0n) is 17.3. The van der Waals surface area contributed by atoms with Gasteiger partial charge in [-0.1, -0.05) is 36.4 Å². The number of pyridine rings is 1. The maximum absolute atomic E-state index is 4.64. The second-order valence-electron chi connectivity index (χ2n) is 7.87. The van der Waals surface area contributed by atoms with E-state index in [-0.39, 0.29) is 0 Å². The molecule has 0 fully saturated rings. The van der Waals surface area contributed by atoms with Crippen molar-refractivity contribution in [2.24, 2.45) is 7.05 Å². The first-order chi connectivity index (χ1) is 14.0. The maximum Gasteiger partial charge on any atom is 0.294 e. The van der Waals surface area contributed by atoms with Crippen LogP contribution in [0.5, 0.6) is 0 Å². The van der Waals surface area contributed by atoms with Crippen LogP contribution in [-0.2, 0) is 7.05 Å². The molecule has 0 unspecified atom stereocenters. The Balaban J connectivity index is 1.84. The monoisotopic (exact) mass is 378 g/mol. The van der Waals surface area contributed by atoms with Crippen molar-refractivity contribution in [1.29, 1.82) is 0 Å². The Hall–Kier alpha value is -3.46. The standard InChI is InChI=1S/C26H24N3/c1-17-8-7-9-18(2)25(17)29-13-12-28(4)26(29)22-15-23-20(14-19(22)3)16-27-24-11-6-5-10-21(23)24/h5-16H,1-4H3/q+1. The molecule has 0 spiro atoms. The summed E-state index contributed by atoms with van der Waals surface area (Å²) in [4.78, 5) is 4.64. The highest BCUT2D eigenvalue weighted by molar-refractivity contribution is 6.07. The largest absolute Gasteiger partial charge is 0.294 e. The Bertz CT molecular complexity index is 1370. The van der Waals surface area contributed by atoms with E-state index in [4.69, 9.17) is 0 Å². The highest BCUT2D eigenvalue weighted by Gasteiger charge is 2.23. The van der Waals surface area contributed by atoms with Crippen LogP contribution in [0.3, 0.4) is 0 Å². The van der Waals surface area contributed by atoms with Crippen molar-refractivity contribution in [3.8, 4) is 17.1 Å². The summed E-state index contributed by atoms with van der Waals surface area (Å²) in [7, 11) is 2.12. The number of aromatic nitrogens is 3. The lowest BCUT2D eigenvalue weighted by molar-refractivity contribution is -0.659. The number of hydrogen-bond acceptors (Lipinski definition) is 1. The second kappa shape index (κ2) is 6.56.